The molecule has 0 aromatic carbocycles. The van der Waals surface area contributed by atoms with E-state index in [1.807, 2.05) is 18.3 Å². The standard InChI is InChI=1S/C16H22BrNO/c1-15(2)11-6-7-16(15,3)14(8-11)19-10-13-5-4-12(17)9-18-13/h4-5,9,11,14H,6-8,10H2,1-3H3. The molecule has 19 heavy (non-hydrogen) atoms. The maximum Gasteiger partial charge on any atom is 0.0891 e. The molecule has 2 aliphatic carbocycles. The van der Waals surface area contributed by atoms with E-state index in [4.69, 9.17) is 4.74 Å². The predicted octanol–water partition coefficient (Wildman–Crippen LogP) is 4.58. The van der Waals surface area contributed by atoms with Gasteiger partial charge >= 0.3 is 0 Å². The highest BCUT2D eigenvalue weighted by molar-refractivity contribution is 9.10. The monoisotopic (exact) mass is 323 g/mol. The third kappa shape index (κ3) is 2.06. The summed E-state index contributed by atoms with van der Waals surface area (Å²) >= 11 is 3.41. The van der Waals surface area contributed by atoms with Crippen LogP contribution in [0.1, 0.15) is 45.7 Å². The molecule has 0 N–H and O–H groups in total. The van der Waals surface area contributed by atoms with E-state index in [0.29, 0.717) is 23.5 Å². The fourth-order valence-corrected chi connectivity index (χ4v) is 4.29. The Morgan fingerprint density at radius 3 is 2.68 bits per heavy atom. The van der Waals surface area contributed by atoms with Crippen molar-refractivity contribution in [1.29, 1.82) is 0 Å². The minimum absolute atomic E-state index is 0.340. The van der Waals surface area contributed by atoms with Crippen molar-refractivity contribution in [2.45, 2.75) is 52.7 Å². The lowest BCUT2D eigenvalue weighted by atomic mass is 9.70. The van der Waals surface area contributed by atoms with E-state index in [1.165, 1.54) is 19.3 Å². The number of rotatable bonds is 3. The number of fused-ring (bicyclic) bond motifs is 2. The summed E-state index contributed by atoms with van der Waals surface area (Å²) in [6.45, 7) is 7.90. The van der Waals surface area contributed by atoms with Gasteiger partial charge < -0.3 is 4.74 Å². The van der Waals surface area contributed by atoms with Gasteiger partial charge in [0.15, 0.2) is 0 Å². The van der Waals surface area contributed by atoms with Crippen LogP contribution in [0.15, 0.2) is 22.8 Å². The van der Waals surface area contributed by atoms with Crippen LogP contribution < -0.4 is 0 Å². The molecule has 3 unspecified atom stereocenters. The Hall–Kier alpha value is -0.410. The molecule has 2 fully saturated rings. The van der Waals surface area contributed by atoms with Crippen LogP contribution in [0.5, 0.6) is 0 Å². The third-order valence-corrected chi connectivity index (χ3v) is 6.40. The van der Waals surface area contributed by atoms with E-state index in [0.717, 1.165) is 16.1 Å². The van der Waals surface area contributed by atoms with E-state index in [-0.39, 0.29) is 0 Å². The zero-order valence-corrected chi connectivity index (χ0v) is 13.5. The molecule has 0 radical (unpaired) electrons. The molecule has 3 atom stereocenters. The molecule has 2 bridgehead atoms. The van der Waals surface area contributed by atoms with Crippen molar-refractivity contribution in [3.8, 4) is 0 Å². The van der Waals surface area contributed by atoms with Crippen molar-refractivity contribution in [1.82, 2.24) is 4.98 Å². The molecule has 1 heterocycles. The molecule has 0 saturated heterocycles. The first-order valence-corrected chi connectivity index (χ1v) is 7.95. The van der Waals surface area contributed by atoms with Gasteiger partial charge in [0.1, 0.15) is 0 Å². The summed E-state index contributed by atoms with van der Waals surface area (Å²) in [5.41, 5.74) is 1.78. The number of halogens is 1. The third-order valence-electron chi connectivity index (χ3n) is 5.93. The number of ether oxygens (including phenoxy) is 1. The molecule has 2 nitrogen and oxygen atoms in total. The Morgan fingerprint density at radius 2 is 2.16 bits per heavy atom. The van der Waals surface area contributed by atoms with Gasteiger partial charge in [0, 0.05) is 10.7 Å². The van der Waals surface area contributed by atoms with Crippen molar-refractivity contribution in [2.75, 3.05) is 0 Å². The van der Waals surface area contributed by atoms with Gasteiger partial charge in [0.25, 0.3) is 0 Å². The molecule has 1 aromatic rings. The van der Waals surface area contributed by atoms with Gasteiger partial charge in [0.05, 0.1) is 18.4 Å². The summed E-state index contributed by atoms with van der Waals surface area (Å²) in [4.78, 5) is 4.39. The summed E-state index contributed by atoms with van der Waals surface area (Å²) in [7, 11) is 0. The Bertz CT molecular complexity index is 470. The second-order valence-corrected chi connectivity index (χ2v) is 7.79. The molecule has 2 aliphatic rings. The van der Waals surface area contributed by atoms with Gasteiger partial charge in [-0.05, 0) is 64.1 Å². The molecule has 0 spiro atoms. The van der Waals surface area contributed by atoms with E-state index in [2.05, 4.69) is 41.7 Å². The highest BCUT2D eigenvalue weighted by Gasteiger charge is 2.61. The molecule has 0 amide bonds. The molecule has 0 aliphatic heterocycles. The van der Waals surface area contributed by atoms with E-state index in [1.54, 1.807) is 0 Å². The molecule has 104 valence electrons. The van der Waals surface area contributed by atoms with Gasteiger partial charge in [-0.2, -0.15) is 0 Å². The van der Waals surface area contributed by atoms with Crippen molar-refractivity contribution < 1.29 is 4.74 Å². The lowest BCUT2D eigenvalue weighted by Gasteiger charge is -2.38. The Balaban J connectivity index is 1.67. The van der Waals surface area contributed by atoms with Gasteiger partial charge in [-0.15, -0.1) is 0 Å². The highest BCUT2D eigenvalue weighted by Crippen LogP contribution is 2.66. The topological polar surface area (TPSA) is 22.1 Å². The van der Waals surface area contributed by atoms with Crippen LogP contribution in [0.2, 0.25) is 0 Å². The molecular weight excluding hydrogens is 302 g/mol. The van der Waals surface area contributed by atoms with E-state index >= 15 is 0 Å². The van der Waals surface area contributed by atoms with Crippen LogP contribution in [-0.4, -0.2) is 11.1 Å². The average Bonchev–Trinajstić information content (AvgIpc) is 2.71. The first-order valence-electron chi connectivity index (χ1n) is 7.15. The molecule has 2 saturated carbocycles. The molecule has 1 aromatic heterocycles. The zero-order valence-electron chi connectivity index (χ0n) is 11.9. The van der Waals surface area contributed by atoms with Gasteiger partial charge in [-0.1, -0.05) is 20.8 Å². The normalized spacial score (nSPS) is 35.8. The smallest absolute Gasteiger partial charge is 0.0891 e. The predicted molar refractivity (Wildman–Crippen MR) is 79.7 cm³/mol. The van der Waals surface area contributed by atoms with Gasteiger partial charge in [-0.25, -0.2) is 0 Å². The van der Waals surface area contributed by atoms with Crippen LogP contribution in [0.25, 0.3) is 0 Å². The summed E-state index contributed by atoms with van der Waals surface area (Å²) in [6.07, 6.45) is 6.14. The Kier molecular flexibility index (Phi) is 3.25. The fraction of sp³-hybridized carbons (Fsp3) is 0.688. The number of nitrogens with zero attached hydrogens (tertiary/aromatic N) is 1. The Morgan fingerprint density at radius 1 is 1.37 bits per heavy atom. The average molecular weight is 324 g/mol. The second kappa shape index (κ2) is 4.56. The first-order chi connectivity index (χ1) is 8.93. The van der Waals surface area contributed by atoms with Crippen LogP contribution in [-0.2, 0) is 11.3 Å². The minimum Gasteiger partial charge on any atom is -0.371 e. The number of hydrogen-bond acceptors (Lipinski definition) is 2. The first kappa shape index (κ1) is 13.6. The Labute approximate surface area is 124 Å². The lowest BCUT2D eigenvalue weighted by Crippen LogP contribution is -2.37. The van der Waals surface area contributed by atoms with Crippen molar-refractivity contribution in [3.05, 3.63) is 28.5 Å². The van der Waals surface area contributed by atoms with Gasteiger partial charge in [0.2, 0.25) is 0 Å². The number of hydrogen-bond donors (Lipinski definition) is 0. The SMILES string of the molecule is CC1(C)C2CCC1(C)C(OCc1ccc(Br)cn1)C2. The van der Waals surface area contributed by atoms with Crippen LogP contribution in [0.4, 0.5) is 0 Å². The van der Waals surface area contributed by atoms with Crippen molar-refractivity contribution >= 4 is 15.9 Å². The molecule has 3 heteroatoms. The van der Waals surface area contributed by atoms with Crippen LogP contribution >= 0.6 is 15.9 Å². The molecular formula is C16H22BrNO. The second-order valence-electron chi connectivity index (χ2n) is 6.88. The highest BCUT2D eigenvalue weighted by atomic mass is 79.9. The van der Waals surface area contributed by atoms with E-state index in [9.17, 15) is 0 Å². The maximum atomic E-state index is 6.22. The summed E-state index contributed by atoms with van der Waals surface area (Å²) < 4.78 is 7.24. The number of pyridine rings is 1. The maximum absolute atomic E-state index is 6.22. The molecule has 3 rings (SSSR count). The number of aromatic nitrogens is 1. The van der Waals surface area contributed by atoms with Gasteiger partial charge in [-0.3, -0.25) is 4.98 Å². The largest absolute Gasteiger partial charge is 0.371 e. The lowest BCUT2D eigenvalue weighted by molar-refractivity contribution is -0.0560. The minimum atomic E-state index is 0.340. The van der Waals surface area contributed by atoms with E-state index < -0.39 is 0 Å². The quantitative estimate of drug-likeness (QED) is 0.812. The van der Waals surface area contributed by atoms with Crippen molar-refractivity contribution in [2.24, 2.45) is 16.7 Å². The summed E-state index contributed by atoms with van der Waals surface area (Å²) in [5, 5.41) is 0. The van der Waals surface area contributed by atoms with Crippen LogP contribution in [0.3, 0.4) is 0 Å². The zero-order chi connectivity index (χ0) is 13.7. The van der Waals surface area contributed by atoms with Crippen molar-refractivity contribution in [3.63, 3.8) is 0 Å². The fourth-order valence-electron chi connectivity index (χ4n) is 4.06. The summed E-state index contributed by atoms with van der Waals surface area (Å²) in [5.74, 6) is 0.834. The van der Waals surface area contributed by atoms with Crippen LogP contribution in [0, 0.1) is 16.7 Å². The summed E-state index contributed by atoms with van der Waals surface area (Å²) in [6, 6.07) is 4.06.